The molecule has 0 radical (unpaired) electrons. The molecule has 0 unspecified atom stereocenters. The first-order chi connectivity index (χ1) is 10.0. The minimum atomic E-state index is -3.04. The van der Waals surface area contributed by atoms with Gasteiger partial charge < -0.3 is 10.2 Å². The molecule has 3 rings (SSSR count). The van der Waals surface area contributed by atoms with Crippen LogP contribution >= 0.6 is 0 Å². The third-order valence-corrected chi connectivity index (χ3v) is 7.02. The van der Waals surface area contributed by atoms with Crippen molar-refractivity contribution >= 4 is 10.0 Å². The molecule has 1 saturated carbocycles. The molecule has 122 valence electrons. The second-order valence-electron chi connectivity index (χ2n) is 7.32. The van der Waals surface area contributed by atoms with Crippen molar-refractivity contribution < 1.29 is 8.42 Å². The minimum absolute atomic E-state index is 0.175. The Morgan fingerprint density at radius 1 is 1.24 bits per heavy atom. The zero-order valence-electron chi connectivity index (χ0n) is 13.1. The monoisotopic (exact) mass is 315 g/mol. The standard InChI is InChI=1S/C15H29N3O2S/c1-2-21(19,20)17-14-3-6-15(7-4-14)11-18(12-15)10-13-5-8-16-9-13/h13-14,16-17H,2-12H2,1H3/t13-/m1/s1. The first kappa shape index (κ1) is 15.7. The molecule has 0 amide bonds. The van der Waals surface area contributed by atoms with Gasteiger partial charge in [0.25, 0.3) is 0 Å². The van der Waals surface area contributed by atoms with E-state index in [0.717, 1.165) is 18.8 Å². The average molecular weight is 315 g/mol. The topological polar surface area (TPSA) is 61.4 Å². The number of hydrogen-bond donors (Lipinski definition) is 2. The van der Waals surface area contributed by atoms with Gasteiger partial charge >= 0.3 is 0 Å². The van der Waals surface area contributed by atoms with Gasteiger partial charge in [-0.2, -0.15) is 0 Å². The molecule has 2 N–H and O–H groups in total. The Labute approximate surface area is 128 Å². The van der Waals surface area contributed by atoms with E-state index in [2.05, 4.69) is 14.9 Å². The number of nitrogens with zero attached hydrogens (tertiary/aromatic N) is 1. The van der Waals surface area contributed by atoms with E-state index in [1.807, 2.05) is 0 Å². The summed E-state index contributed by atoms with van der Waals surface area (Å²) in [5.41, 5.74) is 0.500. The van der Waals surface area contributed by atoms with Crippen molar-refractivity contribution in [2.45, 2.75) is 45.1 Å². The smallest absolute Gasteiger partial charge is 0.211 e. The van der Waals surface area contributed by atoms with Crippen LogP contribution in [0.2, 0.25) is 0 Å². The Morgan fingerprint density at radius 3 is 2.52 bits per heavy atom. The lowest BCUT2D eigenvalue weighted by Crippen LogP contribution is -2.59. The molecule has 6 heteroatoms. The first-order valence-corrected chi connectivity index (χ1v) is 10.1. The summed E-state index contributed by atoms with van der Waals surface area (Å²) in [6, 6.07) is 0.175. The van der Waals surface area contributed by atoms with E-state index < -0.39 is 10.0 Å². The highest BCUT2D eigenvalue weighted by Crippen LogP contribution is 2.44. The van der Waals surface area contributed by atoms with Crippen LogP contribution in [0.1, 0.15) is 39.0 Å². The van der Waals surface area contributed by atoms with Crippen LogP contribution in [-0.2, 0) is 10.0 Å². The molecule has 3 aliphatic rings. The highest BCUT2D eigenvalue weighted by molar-refractivity contribution is 7.89. The molecule has 2 heterocycles. The summed E-state index contributed by atoms with van der Waals surface area (Å²) >= 11 is 0. The Hall–Kier alpha value is -0.170. The van der Waals surface area contributed by atoms with Crippen LogP contribution in [-0.4, -0.2) is 57.8 Å². The molecule has 21 heavy (non-hydrogen) atoms. The summed E-state index contributed by atoms with van der Waals surface area (Å²) in [5, 5.41) is 3.44. The molecular formula is C15H29N3O2S. The molecule has 2 saturated heterocycles. The molecule has 2 aliphatic heterocycles. The lowest BCUT2D eigenvalue weighted by Gasteiger charge is -2.54. The molecule has 0 aromatic heterocycles. The predicted octanol–water partition coefficient (Wildman–Crippen LogP) is 0.780. The zero-order valence-corrected chi connectivity index (χ0v) is 13.9. The quantitative estimate of drug-likeness (QED) is 0.787. The molecule has 0 aromatic rings. The number of hydrogen-bond acceptors (Lipinski definition) is 4. The Balaban J connectivity index is 1.40. The highest BCUT2D eigenvalue weighted by Gasteiger charge is 2.45. The molecule has 3 fully saturated rings. The van der Waals surface area contributed by atoms with Crippen molar-refractivity contribution in [2.24, 2.45) is 11.3 Å². The van der Waals surface area contributed by atoms with Crippen LogP contribution in [0.15, 0.2) is 0 Å². The summed E-state index contributed by atoms with van der Waals surface area (Å²) in [4.78, 5) is 2.61. The fraction of sp³-hybridized carbons (Fsp3) is 1.00. The van der Waals surface area contributed by atoms with Crippen molar-refractivity contribution in [1.29, 1.82) is 0 Å². The van der Waals surface area contributed by atoms with Crippen LogP contribution in [0.3, 0.4) is 0 Å². The third-order valence-electron chi connectivity index (χ3n) is 5.57. The maximum atomic E-state index is 11.6. The number of nitrogens with one attached hydrogen (secondary N) is 2. The summed E-state index contributed by atoms with van der Waals surface area (Å²) in [5.74, 6) is 1.03. The average Bonchev–Trinajstić information content (AvgIpc) is 2.92. The van der Waals surface area contributed by atoms with Crippen molar-refractivity contribution in [3.8, 4) is 0 Å². The van der Waals surface area contributed by atoms with Gasteiger partial charge in [-0.1, -0.05) is 0 Å². The SMILES string of the molecule is CCS(=O)(=O)NC1CCC2(CC1)CN(C[C@@H]1CCNC1)C2. The van der Waals surface area contributed by atoms with Crippen LogP contribution in [0.4, 0.5) is 0 Å². The molecular weight excluding hydrogens is 286 g/mol. The summed E-state index contributed by atoms with van der Waals surface area (Å²) in [6.07, 6.45) is 5.72. The molecule has 5 nitrogen and oxygen atoms in total. The van der Waals surface area contributed by atoms with Crippen molar-refractivity contribution in [2.75, 3.05) is 38.5 Å². The van der Waals surface area contributed by atoms with Gasteiger partial charge in [-0.05, 0) is 63.5 Å². The third kappa shape index (κ3) is 3.78. The van der Waals surface area contributed by atoms with Crippen molar-refractivity contribution in [1.82, 2.24) is 14.9 Å². The maximum Gasteiger partial charge on any atom is 0.211 e. The first-order valence-electron chi connectivity index (χ1n) is 8.43. The van der Waals surface area contributed by atoms with Gasteiger partial charge in [-0.3, -0.25) is 0 Å². The number of likely N-dealkylation sites (tertiary alicyclic amines) is 1. The van der Waals surface area contributed by atoms with E-state index in [1.165, 1.54) is 52.0 Å². The highest BCUT2D eigenvalue weighted by atomic mass is 32.2. The second kappa shape index (κ2) is 6.14. The van der Waals surface area contributed by atoms with Gasteiger partial charge in [0, 0.05) is 25.7 Å². The van der Waals surface area contributed by atoms with E-state index in [0.29, 0.717) is 5.41 Å². The molecule has 1 aliphatic carbocycles. The largest absolute Gasteiger partial charge is 0.316 e. The van der Waals surface area contributed by atoms with Crippen LogP contribution in [0.25, 0.3) is 0 Å². The lowest BCUT2D eigenvalue weighted by molar-refractivity contribution is -0.0387. The summed E-state index contributed by atoms with van der Waals surface area (Å²) in [6.45, 7) is 7.79. The minimum Gasteiger partial charge on any atom is -0.316 e. The number of rotatable bonds is 5. The Bertz CT molecular complexity index is 444. The van der Waals surface area contributed by atoms with E-state index in [1.54, 1.807) is 6.92 Å². The molecule has 1 spiro atoms. The van der Waals surface area contributed by atoms with Gasteiger partial charge in [0.2, 0.25) is 10.0 Å². The normalized spacial score (nSPS) is 30.6. The molecule has 0 bridgehead atoms. The van der Waals surface area contributed by atoms with Gasteiger partial charge in [0.05, 0.1) is 5.75 Å². The zero-order chi connectivity index (χ0) is 14.9. The van der Waals surface area contributed by atoms with Gasteiger partial charge in [-0.25, -0.2) is 13.1 Å². The summed E-state index contributed by atoms with van der Waals surface area (Å²) < 4.78 is 26.1. The fourth-order valence-corrected chi connectivity index (χ4v) is 5.18. The maximum absolute atomic E-state index is 11.6. The number of sulfonamides is 1. The lowest BCUT2D eigenvalue weighted by atomic mass is 9.67. The second-order valence-corrected chi connectivity index (χ2v) is 9.37. The predicted molar refractivity (Wildman–Crippen MR) is 84.7 cm³/mol. The molecule has 1 atom stereocenters. The van der Waals surface area contributed by atoms with E-state index >= 15 is 0 Å². The van der Waals surface area contributed by atoms with Gasteiger partial charge in [0.1, 0.15) is 0 Å². The van der Waals surface area contributed by atoms with Gasteiger partial charge in [-0.15, -0.1) is 0 Å². The Kier molecular flexibility index (Phi) is 4.60. The van der Waals surface area contributed by atoms with E-state index in [-0.39, 0.29) is 11.8 Å². The van der Waals surface area contributed by atoms with Crippen LogP contribution < -0.4 is 10.0 Å². The molecule has 0 aromatic carbocycles. The van der Waals surface area contributed by atoms with Crippen LogP contribution in [0.5, 0.6) is 0 Å². The van der Waals surface area contributed by atoms with E-state index in [4.69, 9.17) is 0 Å². The van der Waals surface area contributed by atoms with Crippen molar-refractivity contribution in [3.05, 3.63) is 0 Å². The Morgan fingerprint density at radius 2 is 1.95 bits per heavy atom. The van der Waals surface area contributed by atoms with Crippen LogP contribution in [0, 0.1) is 11.3 Å². The van der Waals surface area contributed by atoms with E-state index in [9.17, 15) is 8.42 Å². The van der Waals surface area contributed by atoms with Crippen molar-refractivity contribution in [3.63, 3.8) is 0 Å². The van der Waals surface area contributed by atoms with Gasteiger partial charge in [0.15, 0.2) is 0 Å². The fourth-order valence-electron chi connectivity index (χ4n) is 4.27. The summed E-state index contributed by atoms with van der Waals surface area (Å²) in [7, 11) is -3.04.